The summed E-state index contributed by atoms with van der Waals surface area (Å²) in [6, 6.07) is 16.1. The van der Waals surface area contributed by atoms with Crippen LogP contribution in [-0.4, -0.2) is 31.2 Å². The Bertz CT molecular complexity index is 1090. The molecule has 1 amide bonds. The van der Waals surface area contributed by atoms with Crippen LogP contribution in [0.5, 0.6) is 11.5 Å². The lowest BCUT2D eigenvalue weighted by Crippen LogP contribution is -2.54. The van der Waals surface area contributed by atoms with Crippen molar-refractivity contribution < 1.29 is 33.0 Å². The average Bonchev–Trinajstić information content (AvgIpc) is 2.78. The molecule has 6 nitrogen and oxygen atoms in total. The number of amides is 1. The van der Waals surface area contributed by atoms with Gasteiger partial charge in [-0.05, 0) is 29.8 Å². The topological polar surface area (TPSA) is 84.9 Å². The Morgan fingerprint density at radius 3 is 1.91 bits per heavy atom. The van der Waals surface area contributed by atoms with Gasteiger partial charge in [0.05, 0.1) is 19.8 Å². The summed E-state index contributed by atoms with van der Waals surface area (Å²) in [5.41, 5.74) is -2.51. The van der Waals surface area contributed by atoms with E-state index >= 15 is 0 Å². The van der Waals surface area contributed by atoms with Crippen molar-refractivity contribution in [1.29, 1.82) is 0 Å². The molecule has 2 N–H and O–H groups in total. The van der Waals surface area contributed by atoms with Crippen molar-refractivity contribution in [1.82, 2.24) is 5.32 Å². The van der Waals surface area contributed by atoms with E-state index in [1.54, 1.807) is 36.4 Å². The Kier molecular flexibility index (Phi) is 6.73. The Morgan fingerprint density at radius 2 is 1.41 bits per heavy atom. The third-order valence-corrected chi connectivity index (χ3v) is 5.05. The molecule has 3 aromatic rings. The minimum absolute atomic E-state index is 0.00597. The second kappa shape index (κ2) is 9.47. The van der Waals surface area contributed by atoms with Gasteiger partial charge in [-0.25, -0.2) is 13.6 Å². The zero-order valence-electron chi connectivity index (χ0n) is 17.4. The molecule has 3 aromatic carbocycles. The Morgan fingerprint density at radius 1 is 0.875 bits per heavy atom. The van der Waals surface area contributed by atoms with Gasteiger partial charge in [0.1, 0.15) is 28.7 Å². The lowest BCUT2D eigenvalue weighted by Gasteiger charge is -2.33. The molecule has 32 heavy (non-hydrogen) atoms. The lowest BCUT2D eigenvalue weighted by atomic mass is 9.82. The van der Waals surface area contributed by atoms with E-state index in [-0.39, 0.29) is 23.5 Å². The molecule has 166 valence electrons. The summed E-state index contributed by atoms with van der Waals surface area (Å²) >= 11 is 0. The molecule has 0 spiro atoms. The third-order valence-electron chi connectivity index (χ3n) is 5.05. The van der Waals surface area contributed by atoms with Crippen LogP contribution >= 0.6 is 0 Å². The van der Waals surface area contributed by atoms with Crippen LogP contribution in [0.3, 0.4) is 0 Å². The molecular weight excluding hydrogens is 420 g/mol. The zero-order valence-corrected chi connectivity index (χ0v) is 17.4. The molecule has 0 saturated carbocycles. The summed E-state index contributed by atoms with van der Waals surface area (Å²) in [6.45, 7) is 0. The van der Waals surface area contributed by atoms with Gasteiger partial charge in [-0.15, -0.1) is 0 Å². The highest BCUT2D eigenvalue weighted by atomic mass is 19.1. The number of methoxy groups -OCH3 is 2. The Labute approximate surface area is 183 Å². The first-order valence-corrected chi connectivity index (χ1v) is 9.59. The molecule has 8 heteroatoms. The van der Waals surface area contributed by atoms with E-state index in [0.717, 1.165) is 18.2 Å². The number of carboxylic acids is 1. The van der Waals surface area contributed by atoms with Crippen molar-refractivity contribution in [2.24, 2.45) is 0 Å². The number of carbonyl (C=O) groups excluding carboxylic acids is 1. The van der Waals surface area contributed by atoms with Crippen molar-refractivity contribution in [3.63, 3.8) is 0 Å². The second-order valence-corrected chi connectivity index (χ2v) is 6.96. The van der Waals surface area contributed by atoms with Gasteiger partial charge < -0.3 is 19.9 Å². The molecule has 1 atom stereocenters. The highest BCUT2D eigenvalue weighted by molar-refractivity contribution is 5.99. The minimum Gasteiger partial charge on any atom is -0.496 e. The van der Waals surface area contributed by atoms with Crippen LogP contribution in [0.2, 0.25) is 0 Å². The Balaban J connectivity index is 2.26. The van der Waals surface area contributed by atoms with Gasteiger partial charge in [-0.3, -0.25) is 4.79 Å². The largest absolute Gasteiger partial charge is 0.496 e. The number of carbonyl (C=O) groups is 2. The zero-order chi connectivity index (χ0) is 23.3. The lowest BCUT2D eigenvalue weighted by molar-refractivity contribution is -0.145. The number of benzene rings is 3. The maximum absolute atomic E-state index is 14.3. The first-order valence-electron chi connectivity index (χ1n) is 9.59. The molecular formula is C24H21F2NO5. The summed E-state index contributed by atoms with van der Waals surface area (Å²) in [7, 11) is 2.68. The maximum Gasteiger partial charge on any atom is 0.334 e. The number of hydrogen-bond donors (Lipinski definition) is 2. The minimum atomic E-state index is -2.18. The van der Waals surface area contributed by atoms with Crippen molar-refractivity contribution in [2.75, 3.05) is 14.2 Å². The van der Waals surface area contributed by atoms with Crippen molar-refractivity contribution in [3.05, 3.63) is 95.1 Å². The number of carboxylic acid groups (broad SMARTS) is 1. The van der Waals surface area contributed by atoms with Gasteiger partial charge in [-0.2, -0.15) is 0 Å². The molecule has 0 radical (unpaired) electrons. The average molecular weight is 441 g/mol. The van der Waals surface area contributed by atoms with Crippen LogP contribution in [0, 0.1) is 11.6 Å². The van der Waals surface area contributed by atoms with Crippen LogP contribution in [0.25, 0.3) is 0 Å². The van der Waals surface area contributed by atoms with Gasteiger partial charge in [0.2, 0.25) is 0 Å². The predicted octanol–water partition coefficient (Wildman–Crippen LogP) is 3.93. The molecule has 0 aliphatic rings. The first-order chi connectivity index (χ1) is 15.3. The SMILES string of the molecule is COc1cccc(OC)c1[C@@](Cc1ccccc1)(NC(=O)c1c(F)cccc1F)C(=O)O. The number of ether oxygens (including phenoxy) is 2. The fraction of sp³-hybridized carbons (Fsp3) is 0.167. The second-order valence-electron chi connectivity index (χ2n) is 6.96. The van der Waals surface area contributed by atoms with Gasteiger partial charge in [-0.1, -0.05) is 42.5 Å². The van der Waals surface area contributed by atoms with Crippen LogP contribution in [0.15, 0.2) is 66.7 Å². The number of aliphatic carboxylic acids is 1. The highest BCUT2D eigenvalue weighted by Gasteiger charge is 2.47. The van der Waals surface area contributed by atoms with E-state index in [1.807, 2.05) is 0 Å². The highest BCUT2D eigenvalue weighted by Crippen LogP contribution is 2.40. The fourth-order valence-electron chi connectivity index (χ4n) is 3.58. The maximum atomic E-state index is 14.3. The van der Waals surface area contributed by atoms with Gasteiger partial charge in [0.25, 0.3) is 5.91 Å². The van der Waals surface area contributed by atoms with E-state index in [0.29, 0.717) is 5.56 Å². The standard InChI is InChI=1S/C24H21F2NO5/c1-31-18-12-7-13-19(32-2)21(18)24(23(29)30,14-15-8-4-3-5-9-15)27-22(28)20-16(25)10-6-11-17(20)26/h3-13H,14H2,1-2H3,(H,27,28)(H,29,30)/t24-/m1/s1. The number of hydrogen-bond acceptors (Lipinski definition) is 4. The van der Waals surface area contributed by atoms with Gasteiger partial charge in [0.15, 0.2) is 5.54 Å². The number of nitrogens with one attached hydrogen (secondary N) is 1. The molecule has 0 bridgehead atoms. The summed E-state index contributed by atoms with van der Waals surface area (Å²) in [5.74, 6) is -4.68. The Hall–Kier alpha value is -3.94. The summed E-state index contributed by atoms with van der Waals surface area (Å²) in [5, 5.41) is 12.8. The molecule has 3 rings (SSSR count). The van der Waals surface area contributed by atoms with E-state index in [2.05, 4.69) is 5.32 Å². The molecule has 0 unspecified atom stereocenters. The molecule has 0 saturated heterocycles. The van der Waals surface area contributed by atoms with Gasteiger partial charge in [0, 0.05) is 6.42 Å². The molecule has 0 aromatic heterocycles. The van der Waals surface area contributed by atoms with Crippen molar-refractivity contribution in [2.45, 2.75) is 12.0 Å². The van der Waals surface area contributed by atoms with Crippen LogP contribution in [0.4, 0.5) is 8.78 Å². The molecule has 0 aliphatic carbocycles. The first kappa shape index (κ1) is 22.7. The van der Waals surface area contributed by atoms with E-state index in [4.69, 9.17) is 9.47 Å². The van der Waals surface area contributed by atoms with Crippen LogP contribution in [-0.2, 0) is 16.8 Å². The smallest absolute Gasteiger partial charge is 0.334 e. The fourth-order valence-corrected chi connectivity index (χ4v) is 3.58. The number of rotatable bonds is 8. The van der Waals surface area contributed by atoms with Crippen LogP contribution in [0.1, 0.15) is 21.5 Å². The van der Waals surface area contributed by atoms with E-state index in [1.165, 1.54) is 26.4 Å². The van der Waals surface area contributed by atoms with Crippen molar-refractivity contribution >= 4 is 11.9 Å². The third kappa shape index (κ3) is 4.25. The summed E-state index contributed by atoms with van der Waals surface area (Å²) in [4.78, 5) is 25.8. The summed E-state index contributed by atoms with van der Waals surface area (Å²) < 4.78 is 39.3. The molecule has 0 fully saturated rings. The van der Waals surface area contributed by atoms with E-state index in [9.17, 15) is 23.5 Å². The predicted molar refractivity (Wildman–Crippen MR) is 113 cm³/mol. The molecule has 0 heterocycles. The van der Waals surface area contributed by atoms with Crippen molar-refractivity contribution in [3.8, 4) is 11.5 Å². The summed E-state index contributed by atoms with van der Waals surface area (Å²) in [6.07, 6.45) is -0.248. The van der Waals surface area contributed by atoms with Gasteiger partial charge >= 0.3 is 5.97 Å². The number of halogens is 2. The monoisotopic (exact) mass is 441 g/mol. The molecule has 0 aliphatic heterocycles. The quantitative estimate of drug-likeness (QED) is 0.553. The van der Waals surface area contributed by atoms with E-state index < -0.39 is 34.6 Å². The van der Waals surface area contributed by atoms with Crippen LogP contribution < -0.4 is 14.8 Å². The normalized spacial score (nSPS) is 12.5.